The van der Waals surface area contributed by atoms with E-state index in [4.69, 9.17) is 9.47 Å². The molecule has 1 amide bonds. The van der Waals surface area contributed by atoms with Crippen LogP contribution in [0.15, 0.2) is 48.5 Å². The van der Waals surface area contributed by atoms with Crippen molar-refractivity contribution in [2.75, 3.05) is 12.4 Å². The molecule has 4 nitrogen and oxygen atoms in total. The van der Waals surface area contributed by atoms with Crippen molar-refractivity contribution in [1.82, 2.24) is 0 Å². The number of amides is 1. The van der Waals surface area contributed by atoms with Crippen molar-refractivity contribution in [2.45, 2.75) is 38.2 Å². The van der Waals surface area contributed by atoms with Gasteiger partial charge in [-0.2, -0.15) is 0 Å². The van der Waals surface area contributed by atoms with Gasteiger partial charge in [-0.15, -0.1) is 0 Å². The molecule has 2 aromatic rings. The zero-order valence-corrected chi connectivity index (χ0v) is 14.0. The van der Waals surface area contributed by atoms with Crippen LogP contribution in [0, 0.1) is 0 Å². The van der Waals surface area contributed by atoms with Crippen molar-refractivity contribution in [3.63, 3.8) is 0 Å². The Morgan fingerprint density at radius 2 is 1.83 bits per heavy atom. The molecule has 0 bridgehead atoms. The SMILES string of the molecule is COc1ccc(NC(=O)Cc2ccccc2)cc1OC1CCCC1. The molecule has 1 N–H and O–H groups in total. The van der Waals surface area contributed by atoms with Gasteiger partial charge in [0.05, 0.1) is 19.6 Å². The summed E-state index contributed by atoms with van der Waals surface area (Å²) in [4.78, 5) is 12.2. The van der Waals surface area contributed by atoms with Crippen LogP contribution < -0.4 is 14.8 Å². The first-order valence-corrected chi connectivity index (χ1v) is 8.43. The molecular formula is C20H23NO3. The summed E-state index contributed by atoms with van der Waals surface area (Å²) in [6, 6.07) is 15.2. The van der Waals surface area contributed by atoms with E-state index in [2.05, 4.69) is 5.32 Å². The highest BCUT2D eigenvalue weighted by Gasteiger charge is 2.19. The number of rotatable bonds is 6. The first-order valence-electron chi connectivity index (χ1n) is 8.43. The number of benzene rings is 2. The van der Waals surface area contributed by atoms with Crippen molar-refractivity contribution in [3.05, 3.63) is 54.1 Å². The maximum absolute atomic E-state index is 12.2. The summed E-state index contributed by atoms with van der Waals surface area (Å²) in [5, 5.41) is 2.93. The van der Waals surface area contributed by atoms with Gasteiger partial charge in [0, 0.05) is 11.8 Å². The smallest absolute Gasteiger partial charge is 0.228 e. The Labute approximate surface area is 142 Å². The van der Waals surface area contributed by atoms with Crippen LogP contribution >= 0.6 is 0 Å². The number of carbonyl (C=O) groups excluding carboxylic acids is 1. The van der Waals surface area contributed by atoms with Crippen LogP contribution in [0.1, 0.15) is 31.2 Å². The predicted octanol–water partition coefficient (Wildman–Crippen LogP) is 4.20. The molecule has 1 aliphatic rings. The second-order valence-corrected chi connectivity index (χ2v) is 6.10. The maximum atomic E-state index is 12.2. The largest absolute Gasteiger partial charge is 0.493 e. The number of nitrogens with one attached hydrogen (secondary N) is 1. The normalized spacial score (nSPS) is 14.4. The molecule has 126 valence electrons. The molecule has 4 heteroatoms. The third-order valence-electron chi connectivity index (χ3n) is 4.25. The molecule has 0 saturated heterocycles. The second-order valence-electron chi connectivity index (χ2n) is 6.10. The van der Waals surface area contributed by atoms with Crippen LogP contribution in [0.3, 0.4) is 0 Å². The van der Waals surface area contributed by atoms with Gasteiger partial charge in [-0.05, 0) is 43.4 Å². The number of anilines is 1. The van der Waals surface area contributed by atoms with Gasteiger partial charge >= 0.3 is 0 Å². The Morgan fingerprint density at radius 1 is 1.08 bits per heavy atom. The van der Waals surface area contributed by atoms with Crippen LogP contribution in [0.4, 0.5) is 5.69 Å². The Morgan fingerprint density at radius 3 is 2.54 bits per heavy atom. The average Bonchev–Trinajstić information content (AvgIpc) is 3.09. The summed E-state index contributed by atoms with van der Waals surface area (Å²) in [6.07, 6.45) is 5.17. The molecule has 0 aliphatic heterocycles. The van der Waals surface area contributed by atoms with Gasteiger partial charge in [0.2, 0.25) is 5.91 Å². The van der Waals surface area contributed by atoms with E-state index in [0.717, 1.165) is 24.1 Å². The minimum absolute atomic E-state index is 0.0433. The summed E-state index contributed by atoms with van der Waals surface area (Å²) in [7, 11) is 1.63. The van der Waals surface area contributed by atoms with Gasteiger partial charge in [-0.1, -0.05) is 30.3 Å². The molecule has 0 unspecified atom stereocenters. The fourth-order valence-corrected chi connectivity index (χ4v) is 3.02. The highest BCUT2D eigenvalue weighted by atomic mass is 16.5. The van der Waals surface area contributed by atoms with E-state index in [1.165, 1.54) is 12.8 Å². The topological polar surface area (TPSA) is 47.6 Å². The van der Waals surface area contributed by atoms with Crippen molar-refractivity contribution in [2.24, 2.45) is 0 Å². The van der Waals surface area contributed by atoms with Crippen molar-refractivity contribution in [1.29, 1.82) is 0 Å². The molecule has 0 atom stereocenters. The number of hydrogen-bond acceptors (Lipinski definition) is 3. The van der Waals surface area contributed by atoms with Crippen molar-refractivity contribution in [3.8, 4) is 11.5 Å². The Bertz CT molecular complexity index is 679. The highest BCUT2D eigenvalue weighted by Crippen LogP contribution is 2.33. The van der Waals surface area contributed by atoms with Gasteiger partial charge in [0.15, 0.2) is 11.5 Å². The summed E-state index contributed by atoms with van der Waals surface area (Å²) >= 11 is 0. The van der Waals surface area contributed by atoms with E-state index in [1.54, 1.807) is 7.11 Å². The van der Waals surface area contributed by atoms with E-state index in [9.17, 15) is 4.79 Å². The van der Waals surface area contributed by atoms with Crippen LogP contribution in [0.25, 0.3) is 0 Å². The number of hydrogen-bond donors (Lipinski definition) is 1. The summed E-state index contributed by atoms with van der Waals surface area (Å²) in [5.74, 6) is 1.35. The Kier molecular flexibility index (Phi) is 5.36. The Balaban J connectivity index is 1.67. The second kappa shape index (κ2) is 7.86. The molecule has 0 aromatic heterocycles. The van der Waals surface area contributed by atoms with E-state index in [-0.39, 0.29) is 12.0 Å². The highest BCUT2D eigenvalue weighted by molar-refractivity contribution is 5.92. The quantitative estimate of drug-likeness (QED) is 0.866. The summed E-state index contributed by atoms with van der Waals surface area (Å²) in [5.41, 5.74) is 1.72. The third kappa shape index (κ3) is 4.28. The lowest BCUT2D eigenvalue weighted by molar-refractivity contribution is -0.115. The Hall–Kier alpha value is -2.49. The van der Waals surface area contributed by atoms with Crippen LogP contribution in [-0.2, 0) is 11.2 Å². The molecule has 2 aromatic carbocycles. The number of methoxy groups -OCH3 is 1. The van der Waals surface area contributed by atoms with Gasteiger partial charge in [-0.25, -0.2) is 0 Å². The standard InChI is InChI=1S/C20H23NO3/c1-23-18-12-11-16(14-19(18)24-17-9-5-6-10-17)21-20(22)13-15-7-3-2-4-8-15/h2-4,7-8,11-12,14,17H,5-6,9-10,13H2,1H3,(H,21,22). The maximum Gasteiger partial charge on any atom is 0.228 e. The lowest BCUT2D eigenvalue weighted by Crippen LogP contribution is -2.15. The minimum Gasteiger partial charge on any atom is -0.493 e. The van der Waals surface area contributed by atoms with Crippen LogP contribution in [0.5, 0.6) is 11.5 Å². The van der Waals surface area contributed by atoms with Crippen molar-refractivity contribution >= 4 is 11.6 Å². The zero-order valence-electron chi connectivity index (χ0n) is 14.0. The van der Waals surface area contributed by atoms with E-state index < -0.39 is 0 Å². The fourth-order valence-electron chi connectivity index (χ4n) is 3.02. The number of carbonyl (C=O) groups is 1. The molecule has 1 saturated carbocycles. The van der Waals surface area contributed by atoms with Gasteiger partial charge < -0.3 is 14.8 Å². The van der Waals surface area contributed by atoms with Gasteiger partial charge in [0.1, 0.15) is 0 Å². The molecular weight excluding hydrogens is 302 g/mol. The monoisotopic (exact) mass is 325 g/mol. The molecule has 3 rings (SSSR count). The van der Waals surface area contributed by atoms with Crippen LogP contribution in [-0.4, -0.2) is 19.1 Å². The fraction of sp³-hybridized carbons (Fsp3) is 0.350. The number of ether oxygens (including phenoxy) is 2. The molecule has 0 spiro atoms. The lowest BCUT2D eigenvalue weighted by Gasteiger charge is -2.17. The molecule has 24 heavy (non-hydrogen) atoms. The molecule has 0 heterocycles. The summed E-state index contributed by atoms with van der Waals surface area (Å²) < 4.78 is 11.4. The van der Waals surface area contributed by atoms with E-state index >= 15 is 0 Å². The minimum atomic E-state index is -0.0433. The van der Waals surface area contributed by atoms with E-state index in [0.29, 0.717) is 17.9 Å². The predicted molar refractivity (Wildman–Crippen MR) is 94.7 cm³/mol. The van der Waals surface area contributed by atoms with Crippen LogP contribution in [0.2, 0.25) is 0 Å². The zero-order chi connectivity index (χ0) is 16.8. The van der Waals surface area contributed by atoms with E-state index in [1.807, 2.05) is 48.5 Å². The van der Waals surface area contributed by atoms with Crippen molar-refractivity contribution < 1.29 is 14.3 Å². The molecule has 1 aliphatic carbocycles. The first-order chi connectivity index (χ1) is 11.7. The van der Waals surface area contributed by atoms with Gasteiger partial charge in [-0.3, -0.25) is 4.79 Å². The summed E-state index contributed by atoms with van der Waals surface area (Å²) in [6.45, 7) is 0. The van der Waals surface area contributed by atoms with Gasteiger partial charge in [0.25, 0.3) is 0 Å². The molecule has 0 radical (unpaired) electrons. The lowest BCUT2D eigenvalue weighted by atomic mass is 10.1. The first kappa shape index (κ1) is 16.4. The molecule has 1 fully saturated rings. The average molecular weight is 325 g/mol. The third-order valence-corrected chi connectivity index (χ3v) is 4.25.